The second kappa shape index (κ2) is 13.0. The largest absolute Gasteiger partial charge is 0.344 e. The van der Waals surface area contributed by atoms with Gasteiger partial charge in [-0.25, -0.2) is 9.38 Å². The number of benzene rings is 2. The van der Waals surface area contributed by atoms with Gasteiger partial charge in [-0.15, -0.1) is 0 Å². The molecular formula is C28H34ClFN2. The van der Waals surface area contributed by atoms with E-state index in [4.69, 9.17) is 11.6 Å². The number of aliphatic imine (C=N–C) groups is 1. The minimum absolute atomic E-state index is 0.346. The summed E-state index contributed by atoms with van der Waals surface area (Å²) in [7, 11) is 0. The number of aryl methyl sites for hydroxylation is 1. The molecule has 0 atom stereocenters. The molecule has 0 amide bonds. The van der Waals surface area contributed by atoms with E-state index in [2.05, 4.69) is 74.4 Å². The van der Waals surface area contributed by atoms with Gasteiger partial charge in [-0.3, -0.25) is 0 Å². The first-order valence-corrected chi connectivity index (χ1v) is 11.7. The molecule has 0 spiro atoms. The molecule has 32 heavy (non-hydrogen) atoms. The van der Waals surface area contributed by atoms with E-state index in [1.165, 1.54) is 34.4 Å². The van der Waals surface area contributed by atoms with Gasteiger partial charge >= 0.3 is 0 Å². The van der Waals surface area contributed by atoms with Crippen molar-refractivity contribution in [2.24, 2.45) is 4.99 Å². The summed E-state index contributed by atoms with van der Waals surface area (Å²) in [6, 6.07) is 13.1. The molecule has 0 saturated carbocycles. The maximum absolute atomic E-state index is 13.7. The highest BCUT2D eigenvalue weighted by Crippen LogP contribution is 2.30. The van der Waals surface area contributed by atoms with E-state index in [0.29, 0.717) is 16.5 Å². The first-order chi connectivity index (χ1) is 15.4. The van der Waals surface area contributed by atoms with E-state index in [0.717, 1.165) is 31.3 Å². The van der Waals surface area contributed by atoms with Crippen LogP contribution in [0.15, 0.2) is 77.0 Å². The topological polar surface area (TPSA) is 24.4 Å². The molecule has 0 aliphatic carbocycles. The average Bonchev–Trinajstić information content (AvgIpc) is 2.76. The van der Waals surface area contributed by atoms with Crippen LogP contribution in [0.2, 0.25) is 5.02 Å². The molecule has 0 aliphatic heterocycles. The molecule has 0 bridgehead atoms. The number of nitrogens with one attached hydrogen (secondary N) is 1. The van der Waals surface area contributed by atoms with Crippen LogP contribution < -0.4 is 5.32 Å². The second-order valence-corrected chi connectivity index (χ2v) is 8.23. The number of hydrogen-bond donors (Lipinski definition) is 1. The molecule has 2 aromatic carbocycles. The lowest BCUT2D eigenvalue weighted by atomic mass is 9.91. The fourth-order valence-electron chi connectivity index (χ4n) is 3.39. The maximum Gasteiger partial charge on any atom is 0.126 e. The quantitative estimate of drug-likeness (QED) is 0.229. The number of hydrogen-bond acceptors (Lipinski definition) is 1. The minimum Gasteiger partial charge on any atom is -0.344 e. The second-order valence-electron chi connectivity index (χ2n) is 7.79. The first kappa shape index (κ1) is 25.6. The Morgan fingerprint density at radius 2 is 1.75 bits per heavy atom. The zero-order valence-corrected chi connectivity index (χ0v) is 20.6. The highest BCUT2D eigenvalue weighted by Gasteiger charge is 2.10. The van der Waals surface area contributed by atoms with Crippen LogP contribution in [0.3, 0.4) is 0 Å². The Balaban J connectivity index is 2.46. The number of rotatable bonds is 9. The van der Waals surface area contributed by atoms with Gasteiger partial charge < -0.3 is 5.32 Å². The summed E-state index contributed by atoms with van der Waals surface area (Å²) in [6.07, 6.45) is 10.5. The molecule has 0 aliphatic rings. The van der Waals surface area contributed by atoms with Gasteiger partial charge in [0.15, 0.2) is 0 Å². The van der Waals surface area contributed by atoms with Crippen molar-refractivity contribution in [3.63, 3.8) is 0 Å². The van der Waals surface area contributed by atoms with Crippen LogP contribution in [-0.4, -0.2) is 5.84 Å². The van der Waals surface area contributed by atoms with Crippen LogP contribution in [0, 0.1) is 5.82 Å². The summed E-state index contributed by atoms with van der Waals surface area (Å²) in [5.74, 6) is 0.274. The standard InChI is InChI=1S/C28H34ClFN2/c1-6-9-11-20(4)28(27(10-7-2)23-14-12-22(8-3)13-15-23)19-31-21(5)32-26-17-24(29)16-25(30)18-26/h10-19H,6-9H2,1-5H3,(H,31,32)/b20-11+,27-10-,28-19+. The molecule has 2 nitrogen and oxygen atoms in total. The zero-order valence-electron chi connectivity index (χ0n) is 19.8. The normalized spacial score (nSPS) is 13.5. The zero-order chi connectivity index (χ0) is 23.5. The van der Waals surface area contributed by atoms with Crippen LogP contribution in [0.1, 0.15) is 65.0 Å². The predicted molar refractivity (Wildman–Crippen MR) is 139 cm³/mol. The van der Waals surface area contributed by atoms with Gasteiger partial charge in [-0.2, -0.15) is 0 Å². The third kappa shape index (κ3) is 7.80. The number of allylic oxidation sites excluding steroid dienone is 5. The molecule has 2 aromatic rings. The van der Waals surface area contributed by atoms with Crippen molar-refractivity contribution in [3.05, 3.63) is 93.9 Å². The third-order valence-corrected chi connectivity index (χ3v) is 5.33. The van der Waals surface area contributed by atoms with E-state index in [1.54, 1.807) is 6.07 Å². The van der Waals surface area contributed by atoms with Crippen LogP contribution in [0.4, 0.5) is 10.1 Å². The third-order valence-electron chi connectivity index (χ3n) is 5.11. The summed E-state index contributed by atoms with van der Waals surface area (Å²) in [5, 5.41) is 3.47. The lowest BCUT2D eigenvalue weighted by Gasteiger charge is -2.14. The molecule has 0 saturated heterocycles. The molecular weight excluding hydrogens is 419 g/mol. The summed E-state index contributed by atoms with van der Waals surface area (Å²) >= 11 is 5.97. The summed E-state index contributed by atoms with van der Waals surface area (Å²) in [6.45, 7) is 10.5. The Hall–Kier alpha value is -2.65. The molecule has 0 aromatic heterocycles. The van der Waals surface area contributed by atoms with E-state index >= 15 is 0 Å². The molecule has 2 rings (SSSR count). The van der Waals surface area contributed by atoms with Crippen molar-refractivity contribution >= 4 is 28.7 Å². The number of unbranched alkanes of at least 4 members (excludes halogenated alkanes) is 1. The van der Waals surface area contributed by atoms with Crippen molar-refractivity contribution in [3.8, 4) is 0 Å². The Kier molecular flexibility index (Phi) is 10.4. The van der Waals surface area contributed by atoms with E-state index in [-0.39, 0.29) is 5.82 Å². The molecule has 170 valence electrons. The van der Waals surface area contributed by atoms with Crippen LogP contribution in [-0.2, 0) is 6.42 Å². The minimum atomic E-state index is -0.383. The van der Waals surface area contributed by atoms with E-state index in [1.807, 2.05) is 13.1 Å². The summed E-state index contributed by atoms with van der Waals surface area (Å²) < 4.78 is 13.7. The van der Waals surface area contributed by atoms with Crippen molar-refractivity contribution in [1.29, 1.82) is 0 Å². The van der Waals surface area contributed by atoms with Crippen LogP contribution in [0.5, 0.6) is 0 Å². The lowest BCUT2D eigenvalue weighted by Crippen LogP contribution is -2.07. The van der Waals surface area contributed by atoms with Gasteiger partial charge in [0.2, 0.25) is 0 Å². The van der Waals surface area contributed by atoms with Crippen LogP contribution in [0.25, 0.3) is 5.57 Å². The number of halogens is 2. The number of nitrogens with zero attached hydrogens (tertiary/aromatic N) is 1. The number of anilines is 1. The van der Waals surface area contributed by atoms with Gasteiger partial charge in [0.1, 0.15) is 11.7 Å². The monoisotopic (exact) mass is 452 g/mol. The van der Waals surface area contributed by atoms with E-state index < -0.39 is 0 Å². The van der Waals surface area contributed by atoms with Crippen molar-refractivity contribution in [1.82, 2.24) is 0 Å². The molecule has 0 radical (unpaired) electrons. The van der Waals surface area contributed by atoms with Crippen molar-refractivity contribution in [2.75, 3.05) is 5.32 Å². The van der Waals surface area contributed by atoms with Gasteiger partial charge in [-0.05, 0) is 73.6 Å². The molecule has 1 N–H and O–H groups in total. The van der Waals surface area contributed by atoms with Crippen molar-refractivity contribution in [2.45, 2.75) is 60.3 Å². The Morgan fingerprint density at radius 1 is 1.03 bits per heavy atom. The lowest BCUT2D eigenvalue weighted by molar-refractivity contribution is 0.628. The molecule has 0 unspecified atom stereocenters. The Morgan fingerprint density at radius 3 is 2.34 bits per heavy atom. The van der Waals surface area contributed by atoms with Crippen LogP contribution >= 0.6 is 11.6 Å². The number of amidine groups is 1. The van der Waals surface area contributed by atoms with E-state index in [9.17, 15) is 4.39 Å². The first-order valence-electron chi connectivity index (χ1n) is 11.3. The smallest absolute Gasteiger partial charge is 0.126 e. The fraction of sp³-hybridized carbons (Fsp3) is 0.321. The summed E-state index contributed by atoms with van der Waals surface area (Å²) in [5.41, 5.74) is 6.52. The molecule has 0 fully saturated rings. The molecule has 4 heteroatoms. The van der Waals surface area contributed by atoms with Crippen molar-refractivity contribution < 1.29 is 4.39 Å². The highest BCUT2D eigenvalue weighted by molar-refractivity contribution is 6.30. The SMILES string of the molecule is CC\C=C(C(=C/N=C(C)Nc1cc(F)cc(Cl)c1)/C(C)=C/CCC)\c1ccc(CC)cc1. The summed E-state index contributed by atoms with van der Waals surface area (Å²) in [4.78, 5) is 4.67. The molecule has 0 heterocycles. The fourth-order valence-corrected chi connectivity index (χ4v) is 3.61. The Labute approximate surface area is 197 Å². The maximum atomic E-state index is 13.7. The predicted octanol–water partition coefficient (Wildman–Crippen LogP) is 9.00. The Bertz CT molecular complexity index is 994. The van der Waals surface area contributed by atoms with Gasteiger partial charge in [0.05, 0.1) is 0 Å². The van der Waals surface area contributed by atoms with Gasteiger partial charge in [-0.1, -0.05) is 75.2 Å². The highest BCUT2D eigenvalue weighted by atomic mass is 35.5. The average molecular weight is 453 g/mol. The van der Waals surface area contributed by atoms with Gasteiger partial charge in [0.25, 0.3) is 0 Å². The van der Waals surface area contributed by atoms with Gasteiger partial charge in [0, 0.05) is 22.5 Å².